The second-order valence-electron chi connectivity index (χ2n) is 4.21. The van der Waals surface area contributed by atoms with Crippen LogP contribution in [0.5, 0.6) is 0 Å². The van der Waals surface area contributed by atoms with Crippen LogP contribution in [0, 0.1) is 24.7 Å². The smallest absolute Gasteiger partial charge is 0.286 e. The Hall–Kier alpha value is -0.990. The third-order valence-electron chi connectivity index (χ3n) is 1.63. The molecule has 0 bridgehead atoms. The average Bonchev–Trinajstić information content (AvgIpc) is 2.16. The molecule has 0 aromatic carbocycles. The summed E-state index contributed by atoms with van der Waals surface area (Å²) < 4.78 is 22.7. The molecule has 0 aliphatic rings. The minimum Gasteiger partial charge on any atom is -0.286 e. The van der Waals surface area contributed by atoms with Crippen molar-refractivity contribution >= 4 is 7.60 Å². The second kappa shape index (κ2) is 4.89. The van der Waals surface area contributed by atoms with Crippen LogP contribution in [-0.4, -0.2) is 11.2 Å². The quantitative estimate of drug-likeness (QED) is 0.547. The van der Waals surface area contributed by atoms with E-state index in [4.69, 9.17) is 21.9 Å². The molecule has 0 aromatic rings. The molecule has 0 unspecified atom stereocenters. The highest BCUT2D eigenvalue weighted by atomic mass is 31.2. The van der Waals surface area contributed by atoms with Crippen LogP contribution < -0.4 is 0 Å². The highest BCUT2D eigenvalue weighted by Crippen LogP contribution is 2.55. The van der Waals surface area contributed by atoms with E-state index >= 15 is 0 Å². The topological polar surface area (TPSA) is 35.5 Å². The lowest BCUT2D eigenvalue weighted by atomic mass is 10.2. The summed E-state index contributed by atoms with van der Waals surface area (Å²) >= 11 is 0. The normalized spacial score (nSPS) is 12.6. The Morgan fingerprint density at radius 3 is 1.62 bits per heavy atom. The van der Waals surface area contributed by atoms with Crippen molar-refractivity contribution in [3.8, 4) is 24.7 Å². The van der Waals surface area contributed by atoms with E-state index in [1.807, 2.05) is 0 Å². The molecule has 0 aliphatic carbocycles. The molecule has 0 rings (SSSR count). The Morgan fingerprint density at radius 1 is 1.12 bits per heavy atom. The SMILES string of the molecule is C#CC(C)(C)OP(=O)(C=C)OC(C)(C)C#C. The fourth-order valence-corrected chi connectivity index (χ4v) is 2.35. The van der Waals surface area contributed by atoms with Crippen molar-refractivity contribution in [2.24, 2.45) is 0 Å². The van der Waals surface area contributed by atoms with Gasteiger partial charge in [-0.3, -0.25) is 13.6 Å². The third kappa shape index (κ3) is 4.69. The van der Waals surface area contributed by atoms with Gasteiger partial charge in [-0.1, -0.05) is 18.4 Å². The Kier molecular flexibility index (Phi) is 4.59. The Bertz CT molecular complexity index is 361. The van der Waals surface area contributed by atoms with E-state index in [0.29, 0.717) is 0 Å². The first-order valence-electron chi connectivity index (χ1n) is 4.70. The van der Waals surface area contributed by atoms with Gasteiger partial charge >= 0.3 is 7.60 Å². The summed E-state index contributed by atoms with van der Waals surface area (Å²) in [4.78, 5) is 0. The summed E-state index contributed by atoms with van der Waals surface area (Å²) in [5.41, 5.74) is -2.01. The standard InChI is InChI=1S/C12H17O3P/c1-8-11(4,5)14-16(13,10-3)15-12(6,7)9-2/h1-2,10H,3H2,4-7H3. The van der Waals surface area contributed by atoms with Gasteiger partial charge < -0.3 is 0 Å². The summed E-state index contributed by atoms with van der Waals surface area (Å²) in [6.45, 7) is 9.85. The van der Waals surface area contributed by atoms with E-state index in [2.05, 4.69) is 18.4 Å². The Balaban J connectivity index is 5.00. The summed E-state index contributed by atoms with van der Waals surface area (Å²) in [7, 11) is -3.50. The maximum absolute atomic E-state index is 12.2. The van der Waals surface area contributed by atoms with Gasteiger partial charge in [0.25, 0.3) is 0 Å². The predicted molar refractivity (Wildman–Crippen MR) is 65.8 cm³/mol. The van der Waals surface area contributed by atoms with Crippen LogP contribution in [0.25, 0.3) is 0 Å². The van der Waals surface area contributed by atoms with Gasteiger partial charge in [-0.25, -0.2) is 0 Å². The summed E-state index contributed by atoms with van der Waals surface area (Å²) in [5, 5.41) is 0. The molecule has 0 saturated carbocycles. The van der Waals surface area contributed by atoms with Crippen molar-refractivity contribution in [2.75, 3.05) is 0 Å². The van der Waals surface area contributed by atoms with Gasteiger partial charge in [-0.05, 0) is 27.7 Å². The Morgan fingerprint density at radius 2 is 1.44 bits per heavy atom. The molecule has 3 nitrogen and oxygen atoms in total. The summed E-state index contributed by atoms with van der Waals surface area (Å²) in [6, 6.07) is 0. The van der Waals surface area contributed by atoms with Crippen LogP contribution in [0.4, 0.5) is 0 Å². The highest BCUT2D eigenvalue weighted by molar-refractivity contribution is 7.57. The molecule has 0 aliphatic heterocycles. The zero-order chi connectivity index (χ0) is 13.0. The molecule has 0 saturated heterocycles. The lowest BCUT2D eigenvalue weighted by Crippen LogP contribution is -2.25. The van der Waals surface area contributed by atoms with E-state index in [9.17, 15) is 4.57 Å². The molecule has 0 heterocycles. The van der Waals surface area contributed by atoms with Crippen LogP contribution in [0.1, 0.15) is 27.7 Å². The van der Waals surface area contributed by atoms with E-state index < -0.39 is 18.8 Å². The maximum Gasteiger partial charge on any atom is 0.356 e. The third-order valence-corrected chi connectivity index (χ3v) is 3.50. The molecule has 0 atom stereocenters. The zero-order valence-corrected chi connectivity index (χ0v) is 11.0. The first-order valence-corrected chi connectivity index (χ1v) is 6.31. The van der Waals surface area contributed by atoms with Gasteiger partial charge in [0.15, 0.2) is 0 Å². The van der Waals surface area contributed by atoms with Crippen LogP contribution in [0.2, 0.25) is 0 Å². The first-order chi connectivity index (χ1) is 7.10. The van der Waals surface area contributed by atoms with Crippen molar-refractivity contribution in [3.05, 3.63) is 12.4 Å². The Labute approximate surface area is 97.8 Å². The van der Waals surface area contributed by atoms with Gasteiger partial charge in [0.05, 0.1) is 0 Å². The molecule has 0 spiro atoms. The van der Waals surface area contributed by atoms with Crippen LogP contribution in [0.3, 0.4) is 0 Å². The highest BCUT2D eigenvalue weighted by Gasteiger charge is 2.34. The molecular formula is C12H17O3P. The zero-order valence-electron chi connectivity index (χ0n) is 10.1. The second-order valence-corrected chi connectivity index (χ2v) is 6.02. The van der Waals surface area contributed by atoms with E-state index in [0.717, 1.165) is 5.82 Å². The van der Waals surface area contributed by atoms with Crippen LogP contribution in [-0.2, 0) is 13.6 Å². The molecule has 0 radical (unpaired) electrons. The van der Waals surface area contributed by atoms with Crippen LogP contribution in [0.15, 0.2) is 12.4 Å². The van der Waals surface area contributed by atoms with Crippen molar-refractivity contribution in [1.29, 1.82) is 0 Å². The number of rotatable bonds is 5. The van der Waals surface area contributed by atoms with E-state index in [-0.39, 0.29) is 0 Å². The fraction of sp³-hybridized carbons (Fsp3) is 0.500. The molecule has 0 amide bonds. The fourth-order valence-electron chi connectivity index (χ4n) is 0.782. The summed E-state index contributed by atoms with van der Waals surface area (Å²) in [5.74, 6) is 5.82. The molecular weight excluding hydrogens is 223 g/mol. The van der Waals surface area contributed by atoms with Crippen molar-refractivity contribution in [1.82, 2.24) is 0 Å². The molecule has 0 aromatic heterocycles. The minimum atomic E-state index is -3.50. The van der Waals surface area contributed by atoms with Gasteiger partial charge in [-0.2, -0.15) is 0 Å². The lowest BCUT2D eigenvalue weighted by molar-refractivity contribution is 0.0894. The van der Waals surface area contributed by atoms with Gasteiger partial charge in [0.2, 0.25) is 0 Å². The molecule has 0 fully saturated rings. The van der Waals surface area contributed by atoms with Crippen molar-refractivity contribution in [3.63, 3.8) is 0 Å². The van der Waals surface area contributed by atoms with Gasteiger partial charge in [-0.15, -0.1) is 12.8 Å². The maximum atomic E-state index is 12.2. The molecule has 88 valence electrons. The van der Waals surface area contributed by atoms with Gasteiger partial charge in [0, 0.05) is 5.82 Å². The first kappa shape index (κ1) is 15.0. The monoisotopic (exact) mass is 240 g/mol. The van der Waals surface area contributed by atoms with Gasteiger partial charge in [0.1, 0.15) is 11.2 Å². The number of terminal acetylenes is 2. The predicted octanol–water partition coefficient (Wildman–Crippen LogP) is 3.18. The number of hydrogen-bond donors (Lipinski definition) is 0. The molecule has 0 N–H and O–H groups in total. The van der Waals surface area contributed by atoms with Crippen molar-refractivity contribution in [2.45, 2.75) is 38.9 Å². The largest absolute Gasteiger partial charge is 0.356 e. The lowest BCUT2D eigenvalue weighted by Gasteiger charge is -2.28. The van der Waals surface area contributed by atoms with Crippen molar-refractivity contribution < 1.29 is 13.6 Å². The molecule has 16 heavy (non-hydrogen) atoms. The van der Waals surface area contributed by atoms with E-state index in [1.165, 1.54) is 0 Å². The summed E-state index contributed by atoms with van der Waals surface area (Å²) in [6.07, 6.45) is 10.5. The van der Waals surface area contributed by atoms with Crippen LogP contribution >= 0.6 is 7.60 Å². The molecule has 4 heteroatoms. The minimum absolute atomic E-state index is 1.01. The van der Waals surface area contributed by atoms with E-state index in [1.54, 1.807) is 27.7 Å². The average molecular weight is 240 g/mol. The number of hydrogen-bond acceptors (Lipinski definition) is 3.